The molecule has 0 amide bonds. The van der Waals surface area contributed by atoms with Gasteiger partial charge in [0, 0.05) is 6.07 Å². The number of aliphatic hydroxyl groups is 1. The number of hydrogen-bond acceptors (Lipinski definition) is 3. The fourth-order valence-electron chi connectivity index (χ4n) is 0.463. The summed E-state index contributed by atoms with van der Waals surface area (Å²) in [4.78, 5) is 0. The Hall–Kier alpha value is -0.350. The predicted molar refractivity (Wildman–Crippen MR) is 34.8 cm³/mol. The van der Waals surface area contributed by atoms with Gasteiger partial charge < -0.3 is 9.63 Å². The minimum Gasteiger partial charge on any atom is -0.385 e. The Morgan fingerprint density at radius 1 is 1.89 bits per heavy atom. The second-order valence-corrected chi connectivity index (χ2v) is 2.54. The van der Waals surface area contributed by atoms with Crippen LogP contribution >= 0.6 is 15.9 Å². The van der Waals surface area contributed by atoms with Crippen LogP contribution in [0.3, 0.4) is 0 Å². The van der Waals surface area contributed by atoms with Gasteiger partial charge in [-0.1, -0.05) is 5.16 Å². The Bertz CT molecular complexity index is 197. The maximum Gasteiger partial charge on any atom is 0.166 e. The van der Waals surface area contributed by atoms with Crippen LogP contribution in [0, 0.1) is 0 Å². The first-order chi connectivity index (χ1) is 4.20. The van der Waals surface area contributed by atoms with Crippen molar-refractivity contribution < 1.29 is 9.63 Å². The highest BCUT2D eigenvalue weighted by Crippen LogP contribution is 2.15. The Morgan fingerprint density at radius 2 is 2.56 bits per heavy atom. The molecule has 0 aliphatic carbocycles. The summed E-state index contributed by atoms with van der Waals surface area (Å²) in [7, 11) is 0. The summed E-state index contributed by atoms with van der Waals surface area (Å²) in [5.74, 6) is 0.474. The van der Waals surface area contributed by atoms with Crippen molar-refractivity contribution in [2.45, 2.75) is 13.0 Å². The number of halogens is 1. The van der Waals surface area contributed by atoms with E-state index in [9.17, 15) is 0 Å². The number of nitrogens with zero attached hydrogens (tertiary/aromatic N) is 1. The van der Waals surface area contributed by atoms with Gasteiger partial charge >= 0.3 is 0 Å². The van der Waals surface area contributed by atoms with Crippen LogP contribution in [0.25, 0.3) is 0 Å². The van der Waals surface area contributed by atoms with Crippen molar-refractivity contribution in [1.29, 1.82) is 0 Å². The zero-order valence-corrected chi connectivity index (χ0v) is 6.42. The third kappa shape index (κ3) is 1.53. The lowest BCUT2D eigenvalue weighted by Crippen LogP contribution is -1.85. The van der Waals surface area contributed by atoms with Crippen LogP contribution in [-0.2, 0) is 0 Å². The molecule has 0 radical (unpaired) electrons. The fourth-order valence-corrected chi connectivity index (χ4v) is 0.761. The van der Waals surface area contributed by atoms with E-state index in [2.05, 4.69) is 25.6 Å². The van der Waals surface area contributed by atoms with Gasteiger partial charge in [-0.3, -0.25) is 0 Å². The molecule has 0 unspecified atom stereocenters. The Balaban J connectivity index is 2.85. The SMILES string of the molecule is C[C@@H](O)c1cc(Br)no1. The molecule has 3 nitrogen and oxygen atoms in total. The molecule has 0 aromatic carbocycles. The standard InChI is InChI=1S/C5H6BrNO2/c1-3(8)4-2-5(6)7-9-4/h2-3,8H,1H3/t3-/m1/s1. The molecule has 0 saturated carbocycles. The first-order valence-corrected chi connectivity index (χ1v) is 3.29. The quantitative estimate of drug-likeness (QED) is 0.732. The summed E-state index contributed by atoms with van der Waals surface area (Å²) in [5, 5.41) is 12.4. The van der Waals surface area contributed by atoms with Crippen molar-refractivity contribution in [3.8, 4) is 0 Å². The molecule has 1 aromatic heterocycles. The first kappa shape index (κ1) is 6.77. The molecular formula is C5H6BrNO2. The van der Waals surface area contributed by atoms with E-state index in [0.29, 0.717) is 10.4 Å². The molecule has 9 heavy (non-hydrogen) atoms. The molecule has 0 aliphatic rings. The lowest BCUT2D eigenvalue weighted by atomic mass is 10.3. The molecule has 0 bridgehead atoms. The predicted octanol–water partition coefficient (Wildman–Crippen LogP) is 1.49. The molecule has 0 saturated heterocycles. The van der Waals surface area contributed by atoms with E-state index in [1.165, 1.54) is 0 Å². The van der Waals surface area contributed by atoms with Gasteiger partial charge in [0.1, 0.15) is 10.7 Å². The number of rotatable bonds is 1. The number of aromatic nitrogens is 1. The third-order valence-corrected chi connectivity index (χ3v) is 1.29. The summed E-state index contributed by atoms with van der Waals surface area (Å²) in [6.07, 6.45) is -0.580. The normalized spacial score (nSPS) is 13.7. The summed E-state index contributed by atoms with van der Waals surface area (Å²) in [6.45, 7) is 1.62. The molecule has 1 N–H and O–H groups in total. The fraction of sp³-hybridized carbons (Fsp3) is 0.400. The molecule has 0 spiro atoms. The molecule has 0 aliphatic heterocycles. The maximum absolute atomic E-state index is 8.88. The number of aliphatic hydroxyl groups excluding tert-OH is 1. The zero-order chi connectivity index (χ0) is 6.85. The largest absolute Gasteiger partial charge is 0.385 e. The molecule has 1 atom stereocenters. The van der Waals surface area contributed by atoms with E-state index in [1.807, 2.05) is 0 Å². The second-order valence-electron chi connectivity index (χ2n) is 1.73. The van der Waals surface area contributed by atoms with E-state index < -0.39 is 6.10 Å². The van der Waals surface area contributed by atoms with Gasteiger partial charge in [0.2, 0.25) is 0 Å². The van der Waals surface area contributed by atoms with E-state index in [0.717, 1.165) is 0 Å². The molecule has 4 heteroatoms. The zero-order valence-electron chi connectivity index (χ0n) is 4.84. The average molecular weight is 192 g/mol. The van der Waals surface area contributed by atoms with Gasteiger partial charge in [-0.15, -0.1) is 0 Å². The van der Waals surface area contributed by atoms with Crippen LogP contribution in [0.1, 0.15) is 18.8 Å². The molecule has 50 valence electrons. The molecule has 1 heterocycles. The molecule has 1 aromatic rings. The van der Waals surface area contributed by atoms with Crippen molar-refractivity contribution in [1.82, 2.24) is 5.16 Å². The summed E-state index contributed by atoms with van der Waals surface area (Å²) in [6, 6.07) is 1.63. The minimum atomic E-state index is -0.580. The average Bonchev–Trinajstić information content (AvgIpc) is 2.14. The molecule has 0 fully saturated rings. The second kappa shape index (κ2) is 2.49. The summed E-state index contributed by atoms with van der Waals surface area (Å²) in [5.41, 5.74) is 0. The Labute approximate surface area is 60.8 Å². The van der Waals surface area contributed by atoms with Crippen LogP contribution in [0.5, 0.6) is 0 Å². The smallest absolute Gasteiger partial charge is 0.166 e. The Morgan fingerprint density at radius 3 is 2.78 bits per heavy atom. The van der Waals surface area contributed by atoms with Crippen LogP contribution in [-0.4, -0.2) is 10.3 Å². The summed E-state index contributed by atoms with van der Waals surface area (Å²) >= 11 is 3.08. The highest BCUT2D eigenvalue weighted by Gasteiger charge is 2.05. The topological polar surface area (TPSA) is 46.3 Å². The molecular weight excluding hydrogens is 186 g/mol. The van der Waals surface area contributed by atoms with E-state index in [-0.39, 0.29) is 0 Å². The van der Waals surface area contributed by atoms with Crippen molar-refractivity contribution >= 4 is 15.9 Å². The Kier molecular flexibility index (Phi) is 1.87. The van der Waals surface area contributed by atoms with E-state index in [1.54, 1.807) is 13.0 Å². The number of hydrogen-bond donors (Lipinski definition) is 1. The van der Waals surface area contributed by atoms with Gasteiger partial charge in [0.25, 0.3) is 0 Å². The third-order valence-electron chi connectivity index (χ3n) is 0.911. The van der Waals surface area contributed by atoms with Crippen LogP contribution in [0.15, 0.2) is 15.2 Å². The van der Waals surface area contributed by atoms with Gasteiger partial charge in [0.05, 0.1) is 0 Å². The lowest BCUT2D eigenvalue weighted by molar-refractivity contribution is 0.157. The maximum atomic E-state index is 8.88. The van der Waals surface area contributed by atoms with Crippen molar-refractivity contribution in [2.24, 2.45) is 0 Å². The van der Waals surface area contributed by atoms with Crippen LogP contribution in [0.4, 0.5) is 0 Å². The van der Waals surface area contributed by atoms with Crippen molar-refractivity contribution in [3.05, 3.63) is 16.4 Å². The minimum absolute atomic E-state index is 0.474. The first-order valence-electron chi connectivity index (χ1n) is 2.50. The highest BCUT2D eigenvalue weighted by atomic mass is 79.9. The van der Waals surface area contributed by atoms with Gasteiger partial charge in [0.15, 0.2) is 5.76 Å². The highest BCUT2D eigenvalue weighted by molar-refractivity contribution is 9.10. The van der Waals surface area contributed by atoms with Crippen molar-refractivity contribution in [2.75, 3.05) is 0 Å². The summed E-state index contributed by atoms with van der Waals surface area (Å²) < 4.78 is 5.29. The van der Waals surface area contributed by atoms with E-state index in [4.69, 9.17) is 5.11 Å². The monoisotopic (exact) mass is 191 g/mol. The van der Waals surface area contributed by atoms with E-state index >= 15 is 0 Å². The van der Waals surface area contributed by atoms with Crippen molar-refractivity contribution in [3.63, 3.8) is 0 Å². The lowest BCUT2D eigenvalue weighted by Gasteiger charge is -1.92. The van der Waals surface area contributed by atoms with Gasteiger partial charge in [-0.05, 0) is 22.9 Å². The van der Waals surface area contributed by atoms with Crippen LogP contribution < -0.4 is 0 Å². The molecule has 1 rings (SSSR count). The van der Waals surface area contributed by atoms with Gasteiger partial charge in [-0.2, -0.15) is 0 Å². The van der Waals surface area contributed by atoms with Crippen LogP contribution in [0.2, 0.25) is 0 Å². The van der Waals surface area contributed by atoms with Gasteiger partial charge in [-0.25, -0.2) is 0 Å².